The smallest absolute Gasteiger partial charge is 0.166 e. The van der Waals surface area contributed by atoms with Crippen LogP contribution in [0.1, 0.15) is 49.7 Å². The quantitative estimate of drug-likeness (QED) is 0.266. The van der Waals surface area contributed by atoms with Crippen molar-refractivity contribution in [1.82, 2.24) is 0 Å². The van der Waals surface area contributed by atoms with Crippen LogP contribution in [0, 0.1) is 17.6 Å². The molecule has 0 aliphatic heterocycles. The maximum atomic E-state index is 15.0. The number of benzene rings is 2. The lowest BCUT2D eigenvalue weighted by molar-refractivity contribution is 0.226. The lowest BCUT2D eigenvalue weighted by Crippen LogP contribution is -2.13. The fourth-order valence-electron chi connectivity index (χ4n) is 4.32. The molecule has 0 unspecified atom stereocenters. The number of hydrogen-bond donors (Lipinski definition) is 0. The number of halogens is 3. The van der Waals surface area contributed by atoms with Crippen LogP contribution in [0.3, 0.4) is 0 Å². The summed E-state index contributed by atoms with van der Waals surface area (Å²) in [6, 6.07) is 10.6. The lowest BCUT2D eigenvalue weighted by Gasteiger charge is -2.27. The van der Waals surface area contributed by atoms with E-state index in [-0.39, 0.29) is 23.2 Å². The molecule has 0 aromatic heterocycles. The van der Waals surface area contributed by atoms with Gasteiger partial charge < -0.3 is 4.74 Å². The Kier molecular flexibility index (Phi) is 8.75. The van der Waals surface area contributed by atoms with E-state index in [1.807, 2.05) is 18.2 Å². The van der Waals surface area contributed by atoms with Gasteiger partial charge in [-0.1, -0.05) is 74.4 Å². The van der Waals surface area contributed by atoms with Crippen molar-refractivity contribution in [2.24, 2.45) is 5.92 Å². The predicted molar refractivity (Wildman–Crippen MR) is 135 cm³/mol. The predicted octanol–water partition coefficient (Wildman–Crippen LogP) is 9.06. The standard InChI is InChI=1S/C30H31F3O/c1-5-22-9-13-24(14-10-22)26-17-18-27(30(33)29(26)32)25-15-11-23(12-16-25)8-7-20(3)19-28(31)21(4)34-6-2/h5,7-10,13-14,17-19,23,25H,1,3-4,6,11-12,15-16H2,2H3/b8-7+,28-19+. The van der Waals surface area contributed by atoms with Crippen LogP contribution in [-0.4, -0.2) is 6.61 Å². The van der Waals surface area contributed by atoms with Crippen molar-refractivity contribution in [2.75, 3.05) is 6.61 Å². The fraction of sp³-hybridized carbons (Fsp3) is 0.267. The first-order chi connectivity index (χ1) is 16.3. The molecule has 0 N–H and O–H groups in total. The molecule has 1 fully saturated rings. The normalized spacial score (nSPS) is 18.6. The van der Waals surface area contributed by atoms with Crippen LogP contribution in [0.25, 0.3) is 17.2 Å². The first-order valence-corrected chi connectivity index (χ1v) is 11.6. The van der Waals surface area contributed by atoms with E-state index < -0.39 is 17.5 Å². The molecule has 0 saturated heterocycles. The fourth-order valence-corrected chi connectivity index (χ4v) is 4.32. The molecule has 2 aromatic carbocycles. The van der Waals surface area contributed by atoms with Crippen molar-refractivity contribution in [3.05, 3.63) is 114 Å². The van der Waals surface area contributed by atoms with Crippen LogP contribution in [0.4, 0.5) is 13.2 Å². The summed E-state index contributed by atoms with van der Waals surface area (Å²) >= 11 is 0. The zero-order valence-electron chi connectivity index (χ0n) is 19.6. The van der Waals surface area contributed by atoms with E-state index in [4.69, 9.17) is 4.74 Å². The highest BCUT2D eigenvalue weighted by atomic mass is 19.2. The maximum Gasteiger partial charge on any atom is 0.166 e. The molecule has 0 bridgehead atoms. The van der Waals surface area contributed by atoms with Crippen molar-refractivity contribution in [3.63, 3.8) is 0 Å². The molecule has 34 heavy (non-hydrogen) atoms. The molecule has 4 heteroatoms. The van der Waals surface area contributed by atoms with Gasteiger partial charge in [0.2, 0.25) is 0 Å². The van der Waals surface area contributed by atoms with Gasteiger partial charge in [-0.3, -0.25) is 0 Å². The van der Waals surface area contributed by atoms with E-state index >= 15 is 0 Å². The van der Waals surface area contributed by atoms with Gasteiger partial charge in [0, 0.05) is 5.56 Å². The van der Waals surface area contributed by atoms with Crippen molar-refractivity contribution >= 4 is 6.08 Å². The third-order valence-electron chi connectivity index (χ3n) is 6.26. The third kappa shape index (κ3) is 6.19. The summed E-state index contributed by atoms with van der Waals surface area (Å²) in [7, 11) is 0. The second-order valence-electron chi connectivity index (χ2n) is 8.55. The highest BCUT2D eigenvalue weighted by Crippen LogP contribution is 2.39. The molecule has 0 spiro atoms. The van der Waals surface area contributed by atoms with Crippen molar-refractivity contribution < 1.29 is 17.9 Å². The van der Waals surface area contributed by atoms with E-state index in [0.29, 0.717) is 23.3 Å². The molecular weight excluding hydrogens is 433 g/mol. The molecule has 0 heterocycles. The van der Waals surface area contributed by atoms with Gasteiger partial charge in [-0.15, -0.1) is 0 Å². The summed E-state index contributed by atoms with van der Waals surface area (Å²) in [5, 5.41) is 0. The molecule has 1 saturated carbocycles. The number of rotatable bonds is 9. The summed E-state index contributed by atoms with van der Waals surface area (Å²) < 4.78 is 48.9. The monoisotopic (exact) mass is 464 g/mol. The Labute approximate surface area is 200 Å². The average Bonchev–Trinajstić information content (AvgIpc) is 2.85. The Morgan fingerprint density at radius 2 is 1.68 bits per heavy atom. The zero-order valence-corrected chi connectivity index (χ0v) is 19.6. The summed E-state index contributed by atoms with van der Waals surface area (Å²) in [6.07, 6.45) is 10.0. The first kappa shape index (κ1) is 25.4. The van der Waals surface area contributed by atoms with Crippen LogP contribution in [-0.2, 0) is 4.74 Å². The van der Waals surface area contributed by atoms with Crippen LogP contribution >= 0.6 is 0 Å². The van der Waals surface area contributed by atoms with E-state index in [0.717, 1.165) is 31.2 Å². The van der Waals surface area contributed by atoms with Gasteiger partial charge >= 0.3 is 0 Å². The third-order valence-corrected chi connectivity index (χ3v) is 6.26. The molecule has 178 valence electrons. The number of allylic oxidation sites excluding steroid dienone is 5. The Morgan fingerprint density at radius 1 is 1.00 bits per heavy atom. The Balaban J connectivity index is 1.62. The molecule has 2 aromatic rings. The molecule has 0 atom stereocenters. The Hall–Kier alpha value is -3.27. The first-order valence-electron chi connectivity index (χ1n) is 11.6. The minimum atomic E-state index is -0.801. The molecular formula is C30H31F3O. The van der Waals surface area contributed by atoms with Crippen LogP contribution in [0.15, 0.2) is 91.5 Å². The minimum Gasteiger partial charge on any atom is -0.491 e. The van der Waals surface area contributed by atoms with Gasteiger partial charge in [0.05, 0.1) is 6.61 Å². The summed E-state index contributed by atoms with van der Waals surface area (Å²) in [6.45, 7) is 13.2. The van der Waals surface area contributed by atoms with Gasteiger partial charge in [-0.2, -0.15) is 0 Å². The van der Waals surface area contributed by atoms with Crippen LogP contribution in [0.5, 0.6) is 0 Å². The molecule has 3 rings (SSSR count). The zero-order chi connectivity index (χ0) is 24.7. The van der Waals surface area contributed by atoms with Gasteiger partial charge in [-0.25, -0.2) is 13.2 Å². The van der Waals surface area contributed by atoms with Gasteiger partial charge in [-0.05, 0) is 72.8 Å². The van der Waals surface area contributed by atoms with Crippen molar-refractivity contribution in [3.8, 4) is 11.1 Å². The van der Waals surface area contributed by atoms with Gasteiger partial charge in [0.1, 0.15) is 5.76 Å². The summed E-state index contributed by atoms with van der Waals surface area (Å²) in [5.74, 6) is -1.84. The van der Waals surface area contributed by atoms with Crippen LogP contribution in [0.2, 0.25) is 0 Å². The van der Waals surface area contributed by atoms with Gasteiger partial charge in [0.25, 0.3) is 0 Å². The van der Waals surface area contributed by atoms with E-state index in [1.54, 1.807) is 43.3 Å². The minimum absolute atomic E-state index is 0.00777. The molecule has 0 radical (unpaired) electrons. The van der Waals surface area contributed by atoms with Crippen molar-refractivity contribution in [2.45, 2.75) is 38.5 Å². The maximum absolute atomic E-state index is 15.0. The van der Waals surface area contributed by atoms with Gasteiger partial charge in [0.15, 0.2) is 17.5 Å². The number of hydrogen-bond acceptors (Lipinski definition) is 1. The Morgan fingerprint density at radius 3 is 2.29 bits per heavy atom. The largest absolute Gasteiger partial charge is 0.491 e. The number of ether oxygens (including phenoxy) is 1. The summed E-state index contributed by atoms with van der Waals surface area (Å²) in [5.41, 5.74) is 2.78. The Bertz CT molecular complexity index is 1100. The lowest BCUT2D eigenvalue weighted by atomic mass is 9.78. The molecule has 1 aliphatic rings. The topological polar surface area (TPSA) is 9.23 Å². The average molecular weight is 465 g/mol. The molecule has 1 nitrogen and oxygen atoms in total. The van der Waals surface area contributed by atoms with Crippen LogP contribution < -0.4 is 0 Å². The van der Waals surface area contributed by atoms with Crippen molar-refractivity contribution in [1.29, 1.82) is 0 Å². The highest BCUT2D eigenvalue weighted by molar-refractivity contribution is 5.66. The van der Waals surface area contributed by atoms with E-state index in [2.05, 4.69) is 19.7 Å². The van der Waals surface area contributed by atoms with E-state index in [1.165, 1.54) is 6.08 Å². The molecule has 0 amide bonds. The van der Waals surface area contributed by atoms with E-state index in [9.17, 15) is 13.2 Å². The second-order valence-corrected chi connectivity index (χ2v) is 8.55. The second kappa shape index (κ2) is 11.7. The molecule has 1 aliphatic carbocycles. The SMILES string of the molecule is C=Cc1ccc(-c2ccc(C3CCC(/C=C/C(=C)/C=C(/F)C(=C)OCC)CC3)c(F)c2F)cc1. The highest BCUT2D eigenvalue weighted by Gasteiger charge is 2.25. The summed E-state index contributed by atoms with van der Waals surface area (Å²) in [4.78, 5) is 0.